The fraction of sp³-hybridized carbons (Fsp3) is 0.409. The Balaban J connectivity index is 1.19. The number of methoxy groups -OCH3 is 1. The third-order valence-corrected chi connectivity index (χ3v) is 6.60. The molecule has 0 radical (unpaired) electrons. The molecule has 5 heterocycles. The van der Waals surface area contributed by atoms with Gasteiger partial charge in [-0.1, -0.05) is 4.49 Å². The van der Waals surface area contributed by atoms with E-state index in [1.807, 2.05) is 17.0 Å². The average Bonchev–Trinajstić information content (AvgIpc) is 3.30. The van der Waals surface area contributed by atoms with Gasteiger partial charge in [0.25, 0.3) is 0 Å². The van der Waals surface area contributed by atoms with Crippen LogP contribution in [0.2, 0.25) is 0 Å². The number of rotatable bonds is 7. The lowest BCUT2D eigenvalue weighted by Crippen LogP contribution is -2.51. The molecule has 4 aromatic heterocycles. The fourth-order valence-corrected chi connectivity index (χ4v) is 4.69. The second-order valence-electron chi connectivity index (χ2n) is 8.13. The van der Waals surface area contributed by atoms with Gasteiger partial charge < -0.3 is 15.2 Å². The standard InChI is InChI=1S/C22H24FN7O2S/c1-32-20-3-2-17-21(27-20)14(4-6-24-17)19(31)12-30-7-5-16(15(23)11-30)25-9-13-8-18-22(26-10-13)33-29-28-18/h2-4,6,8,10,15-16,19,25,31H,5,7,9,11-12H2,1H3/t15?,16?,19-/m1/s1. The minimum Gasteiger partial charge on any atom is -0.481 e. The van der Waals surface area contributed by atoms with Gasteiger partial charge in [0, 0.05) is 61.2 Å². The van der Waals surface area contributed by atoms with Crippen molar-refractivity contribution in [2.24, 2.45) is 0 Å². The second kappa shape index (κ2) is 9.56. The molecule has 1 aliphatic heterocycles. The van der Waals surface area contributed by atoms with Crippen LogP contribution in [0, 0.1) is 0 Å². The number of aliphatic hydroxyl groups is 1. The molecule has 0 bridgehead atoms. The molecule has 2 N–H and O–H groups in total. The first kappa shape index (κ1) is 22.0. The Hall–Kier alpha value is -2.86. The van der Waals surface area contributed by atoms with Crippen molar-refractivity contribution in [2.75, 3.05) is 26.7 Å². The smallest absolute Gasteiger partial charge is 0.213 e. The molecule has 11 heteroatoms. The number of likely N-dealkylation sites (tertiary alicyclic amines) is 1. The summed E-state index contributed by atoms with van der Waals surface area (Å²) < 4.78 is 24.0. The van der Waals surface area contributed by atoms with E-state index in [1.165, 1.54) is 11.5 Å². The maximum Gasteiger partial charge on any atom is 0.213 e. The van der Waals surface area contributed by atoms with E-state index in [1.54, 1.807) is 31.6 Å². The molecule has 1 fully saturated rings. The number of ether oxygens (including phenoxy) is 1. The van der Waals surface area contributed by atoms with Crippen molar-refractivity contribution >= 4 is 32.9 Å². The summed E-state index contributed by atoms with van der Waals surface area (Å²) in [5, 5.41) is 18.2. The summed E-state index contributed by atoms with van der Waals surface area (Å²) in [6.07, 6.45) is 2.21. The zero-order valence-electron chi connectivity index (χ0n) is 18.1. The molecule has 3 atom stereocenters. The van der Waals surface area contributed by atoms with Crippen molar-refractivity contribution in [1.82, 2.24) is 34.8 Å². The summed E-state index contributed by atoms with van der Waals surface area (Å²) >= 11 is 1.26. The van der Waals surface area contributed by atoms with Crippen LogP contribution in [0.15, 0.2) is 36.7 Å². The number of aromatic nitrogens is 5. The Morgan fingerprint density at radius 3 is 3.06 bits per heavy atom. The third kappa shape index (κ3) is 4.76. The number of halogens is 1. The number of alkyl halides is 1. The number of pyridine rings is 3. The van der Waals surface area contributed by atoms with Crippen LogP contribution < -0.4 is 10.1 Å². The molecular formula is C22H24FN7O2S. The first-order chi connectivity index (χ1) is 16.1. The molecule has 172 valence electrons. The summed E-state index contributed by atoms with van der Waals surface area (Å²) in [5.41, 5.74) is 3.65. The predicted octanol–water partition coefficient (Wildman–Crippen LogP) is 2.27. The van der Waals surface area contributed by atoms with Gasteiger partial charge in [-0.3, -0.25) is 9.88 Å². The molecule has 0 aliphatic carbocycles. The van der Waals surface area contributed by atoms with Gasteiger partial charge in [0.2, 0.25) is 5.88 Å². The SMILES string of the molecule is COc1ccc2nccc([C@H](O)CN3CCC(NCc4cnc5snnc5c4)C(F)C3)c2n1. The van der Waals surface area contributed by atoms with Crippen molar-refractivity contribution in [3.63, 3.8) is 0 Å². The van der Waals surface area contributed by atoms with Crippen LogP contribution in [0.3, 0.4) is 0 Å². The first-order valence-corrected chi connectivity index (χ1v) is 11.5. The molecule has 0 saturated carbocycles. The van der Waals surface area contributed by atoms with Crippen LogP contribution in [0.1, 0.15) is 23.7 Å². The Morgan fingerprint density at radius 2 is 2.21 bits per heavy atom. The van der Waals surface area contributed by atoms with Crippen LogP contribution in [0.4, 0.5) is 4.39 Å². The van der Waals surface area contributed by atoms with Crippen LogP contribution in [-0.4, -0.2) is 73.5 Å². The number of β-amino-alcohol motifs (C(OH)–C–C–N with tert-alkyl or cyclic N) is 1. The van der Waals surface area contributed by atoms with Crippen molar-refractivity contribution in [1.29, 1.82) is 0 Å². The number of nitrogens with one attached hydrogen (secondary N) is 1. The zero-order valence-corrected chi connectivity index (χ0v) is 18.9. The highest BCUT2D eigenvalue weighted by atomic mass is 32.1. The zero-order chi connectivity index (χ0) is 22.8. The maximum atomic E-state index is 14.9. The van der Waals surface area contributed by atoms with Gasteiger partial charge in [0.05, 0.1) is 24.2 Å². The minimum absolute atomic E-state index is 0.252. The Labute approximate surface area is 193 Å². The first-order valence-electron chi connectivity index (χ1n) is 10.7. The molecule has 5 rings (SSSR count). The van der Waals surface area contributed by atoms with E-state index in [9.17, 15) is 9.50 Å². The molecule has 1 aliphatic rings. The summed E-state index contributed by atoms with van der Waals surface area (Å²) in [5.74, 6) is 0.458. The molecule has 4 aromatic rings. The fourth-order valence-electron chi connectivity index (χ4n) is 4.19. The van der Waals surface area contributed by atoms with Crippen LogP contribution in [0.25, 0.3) is 21.4 Å². The van der Waals surface area contributed by atoms with Gasteiger partial charge in [-0.25, -0.2) is 14.4 Å². The number of hydrogen-bond donors (Lipinski definition) is 2. The van der Waals surface area contributed by atoms with Crippen molar-refractivity contribution in [3.8, 4) is 5.88 Å². The highest BCUT2D eigenvalue weighted by molar-refractivity contribution is 7.12. The number of aliphatic hydroxyl groups excluding tert-OH is 1. The normalized spacial score (nSPS) is 20.3. The van der Waals surface area contributed by atoms with Crippen LogP contribution in [0.5, 0.6) is 5.88 Å². The van der Waals surface area contributed by atoms with E-state index in [2.05, 4.69) is 29.9 Å². The quantitative estimate of drug-likeness (QED) is 0.421. The summed E-state index contributed by atoms with van der Waals surface area (Å²) in [6.45, 7) is 1.78. The van der Waals surface area contributed by atoms with Gasteiger partial charge in [0.15, 0.2) is 4.83 Å². The molecule has 0 spiro atoms. The highest BCUT2D eigenvalue weighted by Crippen LogP contribution is 2.26. The lowest BCUT2D eigenvalue weighted by molar-refractivity contribution is 0.0570. The van der Waals surface area contributed by atoms with Crippen molar-refractivity contribution in [3.05, 3.63) is 47.8 Å². The lowest BCUT2D eigenvalue weighted by atomic mass is 10.0. The van der Waals surface area contributed by atoms with Crippen molar-refractivity contribution < 1.29 is 14.2 Å². The second-order valence-corrected chi connectivity index (χ2v) is 8.86. The summed E-state index contributed by atoms with van der Waals surface area (Å²) in [4.78, 5) is 15.8. The molecule has 9 nitrogen and oxygen atoms in total. The van der Waals surface area contributed by atoms with E-state index in [-0.39, 0.29) is 12.6 Å². The molecule has 1 saturated heterocycles. The highest BCUT2D eigenvalue weighted by Gasteiger charge is 2.30. The van der Waals surface area contributed by atoms with E-state index in [0.717, 1.165) is 15.9 Å². The number of fused-ring (bicyclic) bond motifs is 2. The molecule has 0 aromatic carbocycles. The van der Waals surface area contributed by atoms with Gasteiger partial charge in [-0.05, 0) is 36.7 Å². The monoisotopic (exact) mass is 469 g/mol. The van der Waals surface area contributed by atoms with Gasteiger partial charge >= 0.3 is 0 Å². The Morgan fingerprint density at radius 1 is 1.30 bits per heavy atom. The third-order valence-electron chi connectivity index (χ3n) is 5.95. The molecule has 0 amide bonds. The van der Waals surface area contributed by atoms with Gasteiger partial charge in [-0.15, -0.1) is 5.10 Å². The van der Waals surface area contributed by atoms with Crippen LogP contribution in [-0.2, 0) is 6.54 Å². The number of hydrogen-bond acceptors (Lipinski definition) is 10. The summed E-state index contributed by atoms with van der Waals surface area (Å²) in [7, 11) is 1.55. The maximum absolute atomic E-state index is 14.9. The Bertz CT molecular complexity index is 1260. The predicted molar refractivity (Wildman–Crippen MR) is 123 cm³/mol. The number of nitrogens with zero attached hydrogens (tertiary/aromatic N) is 6. The van der Waals surface area contributed by atoms with E-state index >= 15 is 0 Å². The lowest BCUT2D eigenvalue weighted by Gasteiger charge is -2.36. The van der Waals surface area contributed by atoms with E-state index in [4.69, 9.17) is 4.74 Å². The van der Waals surface area contributed by atoms with E-state index in [0.29, 0.717) is 48.5 Å². The number of piperidine rings is 1. The minimum atomic E-state index is -1.05. The molecular weight excluding hydrogens is 445 g/mol. The van der Waals surface area contributed by atoms with Gasteiger partial charge in [-0.2, -0.15) is 0 Å². The van der Waals surface area contributed by atoms with Crippen LogP contribution >= 0.6 is 11.5 Å². The largest absolute Gasteiger partial charge is 0.481 e. The van der Waals surface area contributed by atoms with E-state index < -0.39 is 12.3 Å². The topological polar surface area (TPSA) is 109 Å². The van der Waals surface area contributed by atoms with Gasteiger partial charge in [0.1, 0.15) is 11.7 Å². The Kier molecular flexibility index (Phi) is 6.36. The molecule has 33 heavy (non-hydrogen) atoms. The van der Waals surface area contributed by atoms with Crippen molar-refractivity contribution in [2.45, 2.75) is 31.3 Å². The summed E-state index contributed by atoms with van der Waals surface area (Å²) in [6, 6.07) is 6.97. The molecule has 2 unspecified atom stereocenters. The average molecular weight is 470 g/mol.